The van der Waals surface area contributed by atoms with Crippen LogP contribution in [0, 0.1) is 6.92 Å². The van der Waals surface area contributed by atoms with Crippen LogP contribution in [0.15, 0.2) is 18.2 Å². The number of aryl methyl sites for hydroxylation is 1. The molecular weight excluding hydrogens is 374 g/mol. The number of carbonyl (C=O) groups is 3. The van der Waals surface area contributed by atoms with Crippen molar-refractivity contribution in [3.05, 3.63) is 23.8 Å². The Bertz CT molecular complexity index is 897. The molecule has 0 bridgehead atoms. The highest BCUT2D eigenvalue weighted by molar-refractivity contribution is 7.91. The van der Waals surface area contributed by atoms with Gasteiger partial charge in [-0.25, -0.2) is 13.2 Å². The molecule has 9 nitrogen and oxygen atoms in total. The maximum atomic E-state index is 12.7. The monoisotopic (exact) mass is 395 g/mol. The fourth-order valence-corrected chi connectivity index (χ4v) is 4.82. The first-order chi connectivity index (χ1) is 12.7. The highest BCUT2D eigenvalue weighted by Crippen LogP contribution is 2.31. The maximum Gasteiger partial charge on any atom is 0.325 e. The van der Waals surface area contributed by atoms with Gasteiger partial charge in [0.25, 0.3) is 5.91 Å². The number of sulfone groups is 1. The Morgan fingerprint density at radius 1 is 1.30 bits per heavy atom. The second-order valence-electron chi connectivity index (χ2n) is 6.81. The normalized spacial score (nSPS) is 20.4. The minimum atomic E-state index is -3.20. The first kappa shape index (κ1) is 19.2. The zero-order chi connectivity index (χ0) is 19.8. The lowest BCUT2D eigenvalue weighted by Gasteiger charge is -2.30. The number of ether oxygens (including phenoxy) is 1. The van der Waals surface area contributed by atoms with Gasteiger partial charge in [-0.1, -0.05) is 6.07 Å². The maximum absolute atomic E-state index is 12.7. The van der Waals surface area contributed by atoms with Crippen molar-refractivity contribution in [3.8, 4) is 5.75 Å². The van der Waals surface area contributed by atoms with E-state index >= 15 is 0 Å². The van der Waals surface area contributed by atoms with Gasteiger partial charge in [-0.15, -0.1) is 0 Å². The number of methoxy groups -OCH3 is 1. The van der Waals surface area contributed by atoms with Crippen molar-refractivity contribution in [1.29, 1.82) is 0 Å². The molecule has 146 valence electrons. The van der Waals surface area contributed by atoms with Crippen LogP contribution in [-0.4, -0.2) is 61.9 Å². The van der Waals surface area contributed by atoms with Gasteiger partial charge in [-0.2, -0.15) is 0 Å². The molecule has 1 aromatic carbocycles. The van der Waals surface area contributed by atoms with Gasteiger partial charge in [-0.05, 0) is 37.5 Å². The number of benzene rings is 1. The Balaban J connectivity index is 1.71. The Kier molecular flexibility index (Phi) is 4.85. The third kappa shape index (κ3) is 3.75. The van der Waals surface area contributed by atoms with E-state index in [0.717, 1.165) is 10.5 Å². The van der Waals surface area contributed by atoms with Crippen molar-refractivity contribution in [2.75, 3.05) is 30.5 Å². The van der Waals surface area contributed by atoms with Crippen molar-refractivity contribution >= 4 is 33.4 Å². The summed E-state index contributed by atoms with van der Waals surface area (Å²) in [6.45, 7) is 1.39. The smallest absolute Gasteiger partial charge is 0.325 e. The number of nitrogens with one attached hydrogen (secondary N) is 2. The summed E-state index contributed by atoms with van der Waals surface area (Å²) < 4.78 is 28.4. The van der Waals surface area contributed by atoms with E-state index < -0.39 is 39.8 Å². The Hall–Kier alpha value is -2.62. The lowest BCUT2D eigenvalue weighted by atomic mass is 9.92. The molecule has 2 aliphatic heterocycles. The molecule has 1 spiro atoms. The van der Waals surface area contributed by atoms with E-state index in [1.54, 1.807) is 12.1 Å². The second-order valence-corrected chi connectivity index (χ2v) is 9.11. The molecule has 0 atom stereocenters. The summed E-state index contributed by atoms with van der Waals surface area (Å²) in [5, 5.41) is 5.22. The van der Waals surface area contributed by atoms with E-state index in [1.165, 1.54) is 7.11 Å². The van der Waals surface area contributed by atoms with Crippen molar-refractivity contribution in [1.82, 2.24) is 10.2 Å². The van der Waals surface area contributed by atoms with E-state index in [0.29, 0.717) is 11.4 Å². The Morgan fingerprint density at radius 2 is 1.96 bits per heavy atom. The lowest BCUT2D eigenvalue weighted by molar-refractivity contribution is -0.134. The molecule has 2 fully saturated rings. The molecule has 0 saturated carbocycles. The number of rotatable bonds is 4. The van der Waals surface area contributed by atoms with Crippen LogP contribution >= 0.6 is 0 Å². The molecule has 1 aromatic rings. The topological polar surface area (TPSA) is 122 Å². The zero-order valence-electron chi connectivity index (χ0n) is 15.1. The summed E-state index contributed by atoms with van der Waals surface area (Å²) in [6, 6.07) is 4.56. The Morgan fingerprint density at radius 3 is 2.59 bits per heavy atom. The minimum Gasteiger partial charge on any atom is -0.495 e. The van der Waals surface area contributed by atoms with E-state index in [2.05, 4.69) is 10.6 Å². The van der Waals surface area contributed by atoms with Crippen LogP contribution < -0.4 is 15.4 Å². The van der Waals surface area contributed by atoms with Crippen molar-refractivity contribution in [2.45, 2.75) is 25.3 Å². The number of carbonyl (C=O) groups excluding carboxylic acids is 3. The predicted octanol–water partition coefficient (Wildman–Crippen LogP) is 0.441. The highest BCUT2D eigenvalue weighted by atomic mass is 32.2. The van der Waals surface area contributed by atoms with Crippen LogP contribution in [0.1, 0.15) is 18.4 Å². The summed E-state index contributed by atoms with van der Waals surface area (Å²) in [4.78, 5) is 38.1. The quantitative estimate of drug-likeness (QED) is 0.714. The van der Waals surface area contributed by atoms with Crippen LogP contribution in [0.4, 0.5) is 10.5 Å². The number of imide groups is 1. The summed E-state index contributed by atoms with van der Waals surface area (Å²) in [5.41, 5.74) is 0.112. The molecule has 27 heavy (non-hydrogen) atoms. The van der Waals surface area contributed by atoms with E-state index in [4.69, 9.17) is 4.74 Å². The Labute approximate surface area is 157 Å². The average Bonchev–Trinajstić information content (AvgIpc) is 2.83. The third-order valence-electron chi connectivity index (χ3n) is 4.86. The summed E-state index contributed by atoms with van der Waals surface area (Å²) in [7, 11) is -1.72. The van der Waals surface area contributed by atoms with Crippen molar-refractivity contribution in [2.24, 2.45) is 0 Å². The molecule has 4 amide bonds. The van der Waals surface area contributed by atoms with E-state index in [1.807, 2.05) is 13.0 Å². The second kappa shape index (κ2) is 6.84. The van der Waals surface area contributed by atoms with Gasteiger partial charge in [0.1, 0.15) is 17.8 Å². The minimum absolute atomic E-state index is 0.0176. The fraction of sp³-hybridized carbons (Fsp3) is 0.471. The van der Waals surface area contributed by atoms with Gasteiger partial charge < -0.3 is 15.4 Å². The van der Waals surface area contributed by atoms with Gasteiger partial charge in [0, 0.05) is 0 Å². The number of nitrogens with zero attached hydrogens (tertiary/aromatic N) is 1. The van der Waals surface area contributed by atoms with Crippen molar-refractivity contribution in [3.63, 3.8) is 0 Å². The summed E-state index contributed by atoms with van der Waals surface area (Å²) >= 11 is 0. The molecule has 10 heteroatoms. The standard InChI is InChI=1S/C17H21N3O6S/c1-11-3-4-13(26-2)12(9-11)18-14(21)10-20-15(22)17(19-16(20)23)5-7-27(24,25)8-6-17/h3-4,9H,5-8,10H2,1-2H3,(H,18,21)(H,19,23). The molecule has 0 aliphatic carbocycles. The van der Waals surface area contributed by atoms with E-state index in [9.17, 15) is 22.8 Å². The van der Waals surface area contributed by atoms with Crippen LogP contribution in [-0.2, 0) is 19.4 Å². The van der Waals surface area contributed by atoms with Crippen LogP contribution in [0.25, 0.3) is 0 Å². The number of anilines is 1. The number of hydrogen-bond donors (Lipinski definition) is 2. The lowest BCUT2D eigenvalue weighted by Crippen LogP contribution is -2.52. The molecule has 2 aliphatic rings. The fourth-order valence-electron chi connectivity index (χ4n) is 3.30. The van der Waals surface area contributed by atoms with Gasteiger partial charge in [0.05, 0.1) is 24.3 Å². The van der Waals surface area contributed by atoms with Crippen LogP contribution in [0.2, 0.25) is 0 Å². The zero-order valence-corrected chi connectivity index (χ0v) is 15.9. The van der Waals surface area contributed by atoms with Crippen LogP contribution in [0.3, 0.4) is 0 Å². The number of urea groups is 1. The number of hydrogen-bond acceptors (Lipinski definition) is 6. The summed E-state index contributed by atoms with van der Waals surface area (Å²) in [6.07, 6.45) is 0.0352. The SMILES string of the molecule is COc1ccc(C)cc1NC(=O)CN1C(=O)NC2(CCS(=O)(=O)CC2)C1=O. The molecule has 2 heterocycles. The molecule has 2 saturated heterocycles. The largest absolute Gasteiger partial charge is 0.495 e. The van der Waals surface area contributed by atoms with Crippen LogP contribution in [0.5, 0.6) is 5.75 Å². The molecule has 2 N–H and O–H groups in total. The third-order valence-corrected chi connectivity index (χ3v) is 6.51. The first-order valence-electron chi connectivity index (χ1n) is 8.45. The molecular formula is C17H21N3O6S. The van der Waals surface area contributed by atoms with Gasteiger partial charge in [0.15, 0.2) is 9.84 Å². The first-order valence-corrected chi connectivity index (χ1v) is 10.3. The average molecular weight is 395 g/mol. The highest BCUT2D eigenvalue weighted by Gasteiger charge is 2.53. The molecule has 3 rings (SSSR count). The van der Waals surface area contributed by atoms with Gasteiger partial charge in [0.2, 0.25) is 5.91 Å². The van der Waals surface area contributed by atoms with E-state index in [-0.39, 0.29) is 24.3 Å². The predicted molar refractivity (Wildman–Crippen MR) is 97.2 cm³/mol. The number of amides is 4. The van der Waals surface area contributed by atoms with Gasteiger partial charge >= 0.3 is 6.03 Å². The molecule has 0 aromatic heterocycles. The molecule has 0 unspecified atom stereocenters. The van der Waals surface area contributed by atoms with Crippen molar-refractivity contribution < 1.29 is 27.5 Å². The van der Waals surface area contributed by atoms with Gasteiger partial charge in [-0.3, -0.25) is 14.5 Å². The molecule has 0 radical (unpaired) electrons. The summed E-state index contributed by atoms with van der Waals surface area (Å²) in [5.74, 6) is -0.990.